The molecule has 0 aliphatic heterocycles. The van der Waals surface area contributed by atoms with Gasteiger partial charge in [0.2, 0.25) is 0 Å². The zero-order valence-electron chi connectivity index (χ0n) is 15.4. The molecule has 0 spiro atoms. The number of benzene rings is 1. The maximum absolute atomic E-state index is 13.4. The maximum atomic E-state index is 13.4. The summed E-state index contributed by atoms with van der Waals surface area (Å²) in [6.45, 7) is 2.46. The fourth-order valence-corrected chi connectivity index (χ4v) is 2.56. The number of carbonyl (C=O) groups is 1. The predicted molar refractivity (Wildman–Crippen MR) is 97.4 cm³/mol. The lowest BCUT2D eigenvalue weighted by Crippen LogP contribution is -2.48. The monoisotopic (exact) mass is 395 g/mol. The Morgan fingerprint density at radius 3 is 2.79 bits per heavy atom. The van der Waals surface area contributed by atoms with E-state index in [-0.39, 0.29) is 19.0 Å². The van der Waals surface area contributed by atoms with Gasteiger partial charge in [0.05, 0.1) is 12.6 Å². The minimum Gasteiger partial charge on any atom is -0.458 e. The van der Waals surface area contributed by atoms with Gasteiger partial charge in [0.25, 0.3) is 11.8 Å². The van der Waals surface area contributed by atoms with Gasteiger partial charge >= 0.3 is 0 Å². The molecule has 1 aromatic carbocycles. The van der Waals surface area contributed by atoms with Crippen LogP contribution in [0.2, 0.25) is 0 Å². The number of aliphatic hydroxyl groups is 1. The van der Waals surface area contributed by atoms with Crippen LogP contribution < -0.4 is 10.8 Å². The van der Waals surface area contributed by atoms with Crippen molar-refractivity contribution < 1.29 is 29.4 Å². The fourth-order valence-electron chi connectivity index (χ4n) is 2.56. The number of fused-ring (bicyclic) bond motifs is 1. The summed E-state index contributed by atoms with van der Waals surface area (Å²) in [4.78, 5) is 16.2. The Labute approximate surface area is 160 Å². The van der Waals surface area contributed by atoms with Crippen LogP contribution in [0.3, 0.4) is 0 Å². The number of amides is 1. The number of hydrogen-bond donors (Lipinski definition) is 6. The number of rotatable bonds is 7. The first-order valence-corrected chi connectivity index (χ1v) is 8.39. The van der Waals surface area contributed by atoms with Crippen LogP contribution in [0.4, 0.5) is 4.39 Å². The first kappa shape index (κ1) is 21.3. The molecule has 0 aromatic heterocycles. The standard InChI is InChI=1S/C17H22FN5O5/c1-17(2,16(25)20-5-6-24)28-15(23-27)13(19)14(22-26)21-12-7-9-3-4-10(18)8-11(9)12/h3-4,8,12,19,24,26-27H,5-7H2,1-2H3,(H,20,25)(H,21,22)/b19-13?,23-15+. The van der Waals surface area contributed by atoms with Crippen LogP contribution in [0.15, 0.2) is 28.3 Å². The number of aliphatic hydroxyl groups excluding tert-OH is 1. The minimum absolute atomic E-state index is 0.00275. The smallest absolute Gasteiger partial charge is 0.280 e. The van der Waals surface area contributed by atoms with Gasteiger partial charge in [-0.25, -0.2) is 4.39 Å². The molecule has 28 heavy (non-hydrogen) atoms. The van der Waals surface area contributed by atoms with Crippen LogP contribution in [0, 0.1) is 11.2 Å². The number of halogens is 1. The van der Waals surface area contributed by atoms with Crippen molar-refractivity contribution in [3.8, 4) is 0 Å². The van der Waals surface area contributed by atoms with Crippen molar-refractivity contribution in [2.75, 3.05) is 13.2 Å². The lowest BCUT2D eigenvalue weighted by molar-refractivity contribution is -0.135. The number of hydroxylamine groups is 1. The summed E-state index contributed by atoms with van der Waals surface area (Å²) in [5.41, 5.74) is 1.09. The SMILES string of the molecule is CC(C)(O/C(=N/O)C(=N)C(=NC1Cc2ccc(F)cc21)NO)C(=O)NCCO. The van der Waals surface area contributed by atoms with Gasteiger partial charge in [-0.05, 0) is 48.7 Å². The van der Waals surface area contributed by atoms with E-state index in [4.69, 9.17) is 15.3 Å². The largest absolute Gasteiger partial charge is 0.458 e. The highest BCUT2D eigenvalue weighted by molar-refractivity contribution is 6.65. The van der Waals surface area contributed by atoms with Crippen LogP contribution in [0.25, 0.3) is 0 Å². The summed E-state index contributed by atoms with van der Waals surface area (Å²) in [6, 6.07) is 3.78. The van der Waals surface area contributed by atoms with Crippen LogP contribution in [0.5, 0.6) is 0 Å². The molecule has 2 rings (SSSR count). The van der Waals surface area contributed by atoms with Crippen molar-refractivity contribution in [2.45, 2.75) is 31.9 Å². The van der Waals surface area contributed by atoms with Crippen LogP contribution in [-0.4, -0.2) is 57.6 Å². The topological polar surface area (TPSA) is 160 Å². The molecule has 1 aromatic rings. The van der Waals surface area contributed by atoms with Crippen molar-refractivity contribution in [1.29, 1.82) is 5.41 Å². The highest BCUT2D eigenvalue weighted by atomic mass is 19.1. The molecule has 6 N–H and O–H groups in total. The van der Waals surface area contributed by atoms with Crippen LogP contribution in [-0.2, 0) is 16.0 Å². The van der Waals surface area contributed by atoms with Crippen LogP contribution >= 0.6 is 0 Å². The van der Waals surface area contributed by atoms with E-state index in [1.165, 1.54) is 26.0 Å². The second-order valence-corrected chi connectivity index (χ2v) is 6.52. The van der Waals surface area contributed by atoms with Crippen molar-refractivity contribution in [3.63, 3.8) is 0 Å². The molecular formula is C17H22FN5O5. The molecular weight excluding hydrogens is 373 g/mol. The molecule has 0 saturated carbocycles. The average Bonchev–Trinajstić information content (AvgIpc) is 2.66. The molecule has 1 aliphatic rings. The Balaban J connectivity index is 2.15. The molecule has 0 heterocycles. The number of amidine groups is 1. The molecule has 11 heteroatoms. The highest BCUT2D eigenvalue weighted by Crippen LogP contribution is 2.36. The number of carbonyl (C=O) groups excluding carboxylic acids is 1. The van der Waals surface area contributed by atoms with Crippen molar-refractivity contribution in [1.82, 2.24) is 10.8 Å². The van der Waals surface area contributed by atoms with E-state index in [1.54, 1.807) is 11.5 Å². The molecule has 1 aliphatic carbocycles. The summed E-state index contributed by atoms with van der Waals surface area (Å²) in [7, 11) is 0. The Morgan fingerprint density at radius 1 is 1.46 bits per heavy atom. The van der Waals surface area contributed by atoms with Gasteiger partial charge in [0, 0.05) is 6.54 Å². The molecule has 152 valence electrons. The minimum atomic E-state index is -1.55. The molecule has 1 unspecified atom stereocenters. The normalized spacial score (nSPS) is 16.7. The number of nitrogens with zero attached hydrogens (tertiary/aromatic N) is 2. The zero-order valence-corrected chi connectivity index (χ0v) is 15.4. The molecule has 0 radical (unpaired) electrons. The van der Waals surface area contributed by atoms with E-state index in [9.17, 15) is 19.6 Å². The average molecular weight is 395 g/mol. The second kappa shape index (κ2) is 8.76. The summed E-state index contributed by atoms with van der Waals surface area (Å²) in [5, 5.41) is 40.6. The van der Waals surface area contributed by atoms with Gasteiger partial charge in [-0.1, -0.05) is 6.07 Å². The highest BCUT2D eigenvalue weighted by Gasteiger charge is 2.34. The first-order chi connectivity index (χ1) is 13.2. The van der Waals surface area contributed by atoms with Gasteiger partial charge in [0.15, 0.2) is 17.1 Å². The predicted octanol–water partition coefficient (Wildman–Crippen LogP) is 0.511. The zero-order chi connectivity index (χ0) is 20.9. The third-order valence-electron chi connectivity index (χ3n) is 4.11. The number of nitrogens with one attached hydrogen (secondary N) is 3. The van der Waals surface area contributed by atoms with E-state index in [1.807, 2.05) is 0 Å². The second-order valence-electron chi connectivity index (χ2n) is 6.52. The third kappa shape index (κ3) is 4.61. The molecule has 0 fully saturated rings. The summed E-state index contributed by atoms with van der Waals surface area (Å²) in [5.74, 6) is -2.08. The Hall–Kier alpha value is -3.05. The molecule has 0 saturated heterocycles. The molecule has 0 bridgehead atoms. The summed E-state index contributed by atoms with van der Waals surface area (Å²) >= 11 is 0. The van der Waals surface area contributed by atoms with E-state index < -0.39 is 35.0 Å². The number of hydrogen-bond acceptors (Lipinski definition) is 8. The van der Waals surface area contributed by atoms with Gasteiger partial charge in [0.1, 0.15) is 5.82 Å². The van der Waals surface area contributed by atoms with E-state index in [0.717, 1.165) is 5.56 Å². The van der Waals surface area contributed by atoms with Gasteiger partial charge in [-0.2, -0.15) is 0 Å². The van der Waals surface area contributed by atoms with E-state index in [0.29, 0.717) is 12.0 Å². The Kier molecular flexibility index (Phi) is 6.65. The summed E-state index contributed by atoms with van der Waals surface area (Å²) in [6.07, 6.45) is 0.482. The fraction of sp³-hybridized carbons (Fsp3) is 0.412. The Bertz CT molecular complexity index is 824. The Morgan fingerprint density at radius 2 is 2.18 bits per heavy atom. The van der Waals surface area contributed by atoms with Crippen molar-refractivity contribution in [3.05, 3.63) is 35.1 Å². The van der Waals surface area contributed by atoms with Crippen molar-refractivity contribution >= 4 is 23.4 Å². The molecule has 1 amide bonds. The van der Waals surface area contributed by atoms with Gasteiger partial charge in [-0.15, -0.1) is 0 Å². The van der Waals surface area contributed by atoms with Gasteiger partial charge < -0.3 is 20.4 Å². The number of oxime groups is 1. The first-order valence-electron chi connectivity index (χ1n) is 8.39. The summed E-state index contributed by atoms with van der Waals surface area (Å²) < 4.78 is 18.7. The van der Waals surface area contributed by atoms with E-state index in [2.05, 4.69) is 15.5 Å². The van der Waals surface area contributed by atoms with Crippen LogP contribution in [0.1, 0.15) is 31.0 Å². The lowest BCUT2D eigenvalue weighted by Gasteiger charge is -2.28. The third-order valence-corrected chi connectivity index (χ3v) is 4.11. The maximum Gasteiger partial charge on any atom is 0.280 e. The van der Waals surface area contributed by atoms with Crippen molar-refractivity contribution in [2.24, 2.45) is 10.1 Å². The lowest BCUT2D eigenvalue weighted by atomic mass is 9.83. The number of ether oxygens (including phenoxy) is 1. The number of aliphatic imine (C=N–C) groups is 1. The quantitative estimate of drug-likeness (QED) is 0.171. The molecule has 1 atom stereocenters. The van der Waals surface area contributed by atoms with E-state index >= 15 is 0 Å². The molecule has 10 nitrogen and oxygen atoms in total. The van der Waals surface area contributed by atoms with Gasteiger partial charge in [-0.3, -0.25) is 25.9 Å².